The molecule has 2 nitrogen and oxygen atoms in total. The average Bonchev–Trinajstić information content (AvgIpc) is 2.74. The number of likely N-dealkylation sites (tertiary alicyclic amines) is 1. The molecule has 0 aliphatic carbocycles. The molecule has 1 saturated heterocycles. The van der Waals surface area contributed by atoms with E-state index in [4.69, 9.17) is 0 Å². The molecule has 0 bridgehead atoms. The van der Waals surface area contributed by atoms with Crippen LogP contribution in [0.1, 0.15) is 12.8 Å². The summed E-state index contributed by atoms with van der Waals surface area (Å²) in [5.41, 5.74) is 0. The normalized spacial score (nSPS) is 18.7. The predicted molar refractivity (Wildman–Crippen MR) is 48.9 cm³/mol. The van der Waals surface area contributed by atoms with Crippen molar-refractivity contribution in [2.75, 3.05) is 19.6 Å². The fraction of sp³-hybridized carbons (Fsp3) is 0.600. The molecule has 2 heterocycles. The first-order chi connectivity index (χ1) is 5.95. The second kappa shape index (κ2) is 3.76. The molecule has 2 rings (SSSR count). The van der Waals surface area contributed by atoms with E-state index < -0.39 is 0 Å². The molecule has 12 heavy (non-hydrogen) atoms. The van der Waals surface area contributed by atoms with Crippen molar-refractivity contribution in [3.63, 3.8) is 0 Å². The number of hydrogen-bond donors (Lipinski definition) is 0. The summed E-state index contributed by atoms with van der Waals surface area (Å²) < 4.78 is 2.12. The van der Waals surface area contributed by atoms with Gasteiger partial charge in [0, 0.05) is 19.3 Å². The van der Waals surface area contributed by atoms with E-state index >= 15 is 0 Å². The van der Waals surface area contributed by atoms with Crippen molar-refractivity contribution in [3.8, 4) is 0 Å². The first-order valence-electron chi connectivity index (χ1n) is 4.70. The number of hydrogen-bond acceptors (Lipinski definition) is 1. The van der Waals surface area contributed by atoms with Crippen molar-refractivity contribution in [2.45, 2.75) is 19.4 Å². The molecule has 2 heteroatoms. The first kappa shape index (κ1) is 7.87. The molecule has 1 aromatic rings. The topological polar surface area (TPSA) is 8.17 Å². The maximum atomic E-state index is 3.15. The van der Waals surface area contributed by atoms with Gasteiger partial charge in [-0.2, -0.15) is 0 Å². The zero-order chi connectivity index (χ0) is 8.23. The second-order valence-electron chi connectivity index (χ2n) is 3.38. The third-order valence-electron chi connectivity index (χ3n) is 2.46. The molecule has 1 aromatic heterocycles. The van der Waals surface area contributed by atoms with Gasteiger partial charge >= 0.3 is 0 Å². The lowest BCUT2D eigenvalue weighted by molar-refractivity contribution is 0.322. The highest BCUT2D eigenvalue weighted by molar-refractivity contribution is 4.88. The minimum atomic E-state index is 1.09. The van der Waals surface area contributed by atoms with Crippen molar-refractivity contribution in [1.29, 1.82) is 0 Å². The Kier molecular flexibility index (Phi) is 2.47. The lowest BCUT2D eigenvalue weighted by Crippen LogP contribution is -2.23. The summed E-state index contributed by atoms with van der Waals surface area (Å²) in [6.07, 6.45) is 8.00. The van der Waals surface area contributed by atoms with Crippen LogP contribution in [0.4, 0.5) is 0 Å². The van der Waals surface area contributed by atoms with Gasteiger partial charge in [-0.25, -0.2) is 0 Å². The SMILES string of the molecule is [c]1cccn1CCN1CCCC1. The van der Waals surface area contributed by atoms with Crippen LogP contribution in [-0.4, -0.2) is 29.1 Å². The minimum Gasteiger partial charge on any atom is -0.345 e. The summed E-state index contributed by atoms with van der Waals surface area (Å²) in [7, 11) is 0. The molecule has 0 unspecified atom stereocenters. The second-order valence-corrected chi connectivity index (χ2v) is 3.38. The van der Waals surface area contributed by atoms with Crippen LogP contribution in [0.5, 0.6) is 0 Å². The lowest BCUT2D eigenvalue weighted by atomic mass is 10.4. The molecule has 1 radical (unpaired) electrons. The third kappa shape index (κ3) is 1.89. The van der Waals surface area contributed by atoms with Crippen molar-refractivity contribution in [1.82, 2.24) is 9.47 Å². The summed E-state index contributed by atoms with van der Waals surface area (Å²) in [5.74, 6) is 0. The Balaban J connectivity index is 1.74. The van der Waals surface area contributed by atoms with Crippen molar-refractivity contribution >= 4 is 0 Å². The van der Waals surface area contributed by atoms with Crippen molar-refractivity contribution in [2.24, 2.45) is 0 Å². The summed E-state index contributed by atoms with van der Waals surface area (Å²) in [4.78, 5) is 2.52. The standard InChI is InChI=1S/C10H15N2/c1-2-6-11(5-1)9-10-12-7-3-4-8-12/h1-2,5H,3-4,7-10H2. The Hall–Kier alpha value is -0.760. The van der Waals surface area contributed by atoms with Gasteiger partial charge in [0.1, 0.15) is 0 Å². The molecule has 0 saturated carbocycles. The molecule has 65 valence electrons. The molecule has 1 aliphatic heterocycles. The fourth-order valence-electron chi connectivity index (χ4n) is 1.72. The molecule has 0 spiro atoms. The van der Waals surface area contributed by atoms with Crippen LogP contribution in [-0.2, 0) is 6.54 Å². The van der Waals surface area contributed by atoms with Gasteiger partial charge in [0.2, 0.25) is 0 Å². The maximum absolute atomic E-state index is 3.15. The van der Waals surface area contributed by atoms with Gasteiger partial charge in [0.05, 0.1) is 6.20 Å². The van der Waals surface area contributed by atoms with E-state index in [0.717, 1.165) is 6.54 Å². The lowest BCUT2D eigenvalue weighted by Gasteiger charge is -2.14. The van der Waals surface area contributed by atoms with E-state index in [0.29, 0.717) is 0 Å². The summed E-state index contributed by atoms with van der Waals surface area (Å²) in [6, 6.07) is 3.99. The van der Waals surface area contributed by atoms with E-state index in [1.165, 1.54) is 32.5 Å². The Bertz CT molecular complexity index is 210. The zero-order valence-electron chi connectivity index (χ0n) is 7.37. The molecule has 1 aliphatic rings. The van der Waals surface area contributed by atoms with Gasteiger partial charge in [0.15, 0.2) is 0 Å². The van der Waals surface area contributed by atoms with Crippen LogP contribution in [0.3, 0.4) is 0 Å². The van der Waals surface area contributed by atoms with Crippen LogP contribution in [0.15, 0.2) is 18.3 Å². The zero-order valence-corrected chi connectivity index (χ0v) is 7.37. The van der Waals surface area contributed by atoms with Crippen molar-refractivity contribution < 1.29 is 0 Å². The number of nitrogens with zero attached hydrogens (tertiary/aromatic N) is 2. The fourth-order valence-corrected chi connectivity index (χ4v) is 1.72. The van der Waals surface area contributed by atoms with Crippen LogP contribution >= 0.6 is 0 Å². The van der Waals surface area contributed by atoms with E-state index in [2.05, 4.69) is 21.9 Å². The molecule has 0 amide bonds. The highest BCUT2D eigenvalue weighted by Gasteiger charge is 2.10. The van der Waals surface area contributed by atoms with E-state index in [9.17, 15) is 0 Å². The van der Waals surface area contributed by atoms with Gasteiger partial charge in [-0.05, 0) is 38.1 Å². The Labute approximate surface area is 73.8 Å². The highest BCUT2D eigenvalue weighted by Crippen LogP contribution is 2.06. The molecule has 1 fully saturated rings. The number of rotatable bonds is 3. The van der Waals surface area contributed by atoms with Crippen LogP contribution in [0.25, 0.3) is 0 Å². The molecule has 0 N–H and O–H groups in total. The quantitative estimate of drug-likeness (QED) is 0.653. The van der Waals surface area contributed by atoms with Gasteiger partial charge in [-0.1, -0.05) is 0 Å². The molecule has 0 aromatic carbocycles. The van der Waals surface area contributed by atoms with Gasteiger partial charge in [0.25, 0.3) is 0 Å². The summed E-state index contributed by atoms with van der Waals surface area (Å²) >= 11 is 0. The maximum Gasteiger partial charge on any atom is 0.0648 e. The largest absolute Gasteiger partial charge is 0.345 e. The Morgan fingerprint density at radius 1 is 1.17 bits per heavy atom. The smallest absolute Gasteiger partial charge is 0.0648 e. The molecule has 0 atom stereocenters. The summed E-state index contributed by atoms with van der Waals surface area (Å²) in [5, 5.41) is 0. The average molecular weight is 163 g/mol. The first-order valence-corrected chi connectivity index (χ1v) is 4.70. The Morgan fingerprint density at radius 2 is 2.00 bits per heavy atom. The van der Waals surface area contributed by atoms with Crippen LogP contribution < -0.4 is 0 Å². The van der Waals surface area contributed by atoms with Crippen molar-refractivity contribution in [3.05, 3.63) is 24.5 Å². The molecular weight excluding hydrogens is 148 g/mol. The summed E-state index contributed by atoms with van der Waals surface area (Å²) in [6.45, 7) is 4.86. The predicted octanol–water partition coefficient (Wildman–Crippen LogP) is 1.38. The Morgan fingerprint density at radius 3 is 2.67 bits per heavy atom. The minimum absolute atomic E-state index is 1.09. The number of aromatic nitrogens is 1. The van der Waals surface area contributed by atoms with E-state index in [1.807, 2.05) is 12.1 Å². The van der Waals surface area contributed by atoms with Gasteiger partial charge < -0.3 is 9.47 Å². The van der Waals surface area contributed by atoms with Crippen LogP contribution in [0.2, 0.25) is 0 Å². The van der Waals surface area contributed by atoms with Gasteiger partial charge in [-0.15, -0.1) is 0 Å². The van der Waals surface area contributed by atoms with E-state index in [1.54, 1.807) is 0 Å². The van der Waals surface area contributed by atoms with E-state index in [-0.39, 0.29) is 0 Å². The van der Waals surface area contributed by atoms with Crippen LogP contribution in [0, 0.1) is 6.20 Å². The van der Waals surface area contributed by atoms with Gasteiger partial charge in [-0.3, -0.25) is 0 Å². The molecular formula is C10H15N2. The highest BCUT2D eigenvalue weighted by atomic mass is 15.2. The monoisotopic (exact) mass is 163 g/mol. The third-order valence-corrected chi connectivity index (χ3v) is 2.46.